The largest absolute Gasteiger partial charge is 0.394 e. The molecule has 23 heavy (non-hydrogen) atoms. The zero-order valence-electron chi connectivity index (χ0n) is 13.1. The summed E-state index contributed by atoms with van der Waals surface area (Å²) in [7, 11) is 0. The van der Waals surface area contributed by atoms with Crippen LogP contribution in [-0.2, 0) is 4.74 Å². The Hall–Kier alpha value is -1.30. The normalized spacial score (nSPS) is 26.9. The molecule has 5 nitrogen and oxygen atoms in total. The number of ether oxygens (including phenoxy) is 1. The molecule has 6 heteroatoms. The van der Waals surface area contributed by atoms with Gasteiger partial charge in [-0.15, -0.1) is 0 Å². The van der Waals surface area contributed by atoms with Gasteiger partial charge < -0.3 is 20.1 Å². The molecule has 0 aromatic heterocycles. The number of halogens is 1. The lowest BCUT2D eigenvalue weighted by Crippen LogP contribution is -2.48. The highest BCUT2D eigenvalue weighted by atomic mass is 35.5. The van der Waals surface area contributed by atoms with Gasteiger partial charge in [-0.25, -0.2) is 4.79 Å². The van der Waals surface area contributed by atoms with Crippen LogP contribution in [0.4, 0.5) is 4.79 Å². The van der Waals surface area contributed by atoms with Gasteiger partial charge in [0.15, 0.2) is 0 Å². The quantitative estimate of drug-likeness (QED) is 0.866. The van der Waals surface area contributed by atoms with Gasteiger partial charge in [0.1, 0.15) is 0 Å². The predicted octanol–water partition coefficient (Wildman–Crippen LogP) is 2.38. The summed E-state index contributed by atoms with van der Waals surface area (Å²) < 4.78 is 5.55. The maximum Gasteiger partial charge on any atom is 0.317 e. The van der Waals surface area contributed by atoms with E-state index in [4.69, 9.17) is 21.4 Å². The van der Waals surface area contributed by atoms with E-state index < -0.39 is 0 Å². The van der Waals surface area contributed by atoms with E-state index in [1.165, 1.54) is 5.56 Å². The summed E-state index contributed by atoms with van der Waals surface area (Å²) in [6, 6.07) is 8.01. The monoisotopic (exact) mass is 338 g/mol. The van der Waals surface area contributed by atoms with E-state index in [0.29, 0.717) is 19.1 Å². The lowest BCUT2D eigenvalue weighted by atomic mass is 10.1. The Labute approximate surface area is 141 Å². The fraction of sp³-hybridized carbons (Fsp3) is 0.588. The number of benzene rings is 1. The van der Waals surface area contributed by atoms with Gasteiger partial charge in [-0.1, -0.05) is 23.7 Å². The maximum absolute atomic E-state index is 12.4. The third-order valence-electron chi connectivity index (χ3n) is 4.49. The van der Waals surface area contributed by atoms with Crippen molar-refractivity contribution in [3.8, 4) is 0 Å². The highest BCUT2D eigenvalue weighted by molar-refractivity contribution is 6.30. The molecule has 0 radical (unpaired) electrons. The number of urea groups is 1. The number of nitrogens with one attached hydrogen (secondary N) is 1. The Balaban J connectivity index is 1.48. The minimum Gasteiger partial charge on any atom is -0.394 e. The Morgan fingerprint density at radius 3 is 3.13 bits per heavy atom. The third kappa shape index (κ3) is 4.37. The van der Waals surface area contributed by atoms with Crippen LogP contribution in [0.25, 0.3) is 0 Å². The summed E-state index contributed by atoms with van der Waals surface area (Å²) >= 11 is 6.02. The smallest absolute Gasteiger partial charge is 0.317 e. The Morgan fingerprint density at radius 1 is 1.48 bits per heavy atom. The van der Waals surface area contributed by atoms with Crippen LogP contribution in [0, 0.1) is 0 Å². The molecule has 1 aliphatic heterocycles. The van der Waals surface area contributed by atoms with Gasteiger partial charge in [-0.2, -0.15) is 0 Å². The van der Waals surface area contributed by atoms with E-state index in [1.54, 1.807) is 0 Å². The fourth-order valence-corrected chi connectivity index (χ4v) is 3.39. The van der Waals surface area contributed by atoms with Crippen LogP contribution in [0.1, 0.15) is 30.7 Å². The van der Waals surface area contributed by atoms with Gasteiger partial charge in [0.25, 0.3) is 0 Å². The number of aliphatic hydroxyl groups is 1. The average molecular weight is 339 g/mol. The molecule has 1 saturated carbocycles. The molecule has 2 fully saturated rings. The molecule has 2 aliphatic rings. The lowest BCUT2D eigenvalue weighted by molar-refractivity contribution is -0.00581. The molecule has 1 heterocycles. The van der Waals surface area contributed by atoms with Gasteiger partial charge in [0.05, 0.1) is 19.3 Å². The first-order valence-electron chi connectivity index (χ1n) is 8.20. The highest BCUT2D eigenvalue weighted by Crippen LogP contribution is 2.41. The molecule has 1 aliphatic carbocycles. The average Bonchev–Trinajstić information content (AvgIpc) is 3.32. The second-order valence-corrected chi connectivity index (χ2v) is 6.69. The molecule has 2 N–H and O–H groups in total. The lowest BCUT2D eigenvalue weighted by Gasteiger charge is -2.32. The summed E-state index contributed by atoms with van der Waals surface area (Å²) in [5.41, 5.74) is 1.19. The molecular formula is C17H23ClN2O3. The van der Waals surface area contributed by atoms with Gasteiger partial charge in [0, 0.05) is 30.1 Å². The molecule has 3 rings (SSSR count). The van der Waals surface area contributed by atoms with Gasteiger partial charge in [-0.3, -0.25) is 0 Å². The van der Waals surface area contributed by atoms with Crippen LogP contribution in [0.3, 0.4) is 0 Å². The summed E-state index contributed by atoms with van der Waals surface area (Å²) in [4.78, 5) is 14.2. The summed E-state index contributed by atoms with van der Waals surface area (Å²) in [6.07, 6.45) is 2.87. The number of amides is 2. The van der Waals surface area contributed by atoms with E-state index in [-0.39, 0.29) is 24.8 Å². The molecule has 0 unspecified atom stereocenters. The number of likely N-dealkylation sites (tertiary alicyclic amines) is 1. The molecule has 0 bridgehead atoms. The van der Waals surface area contributed by atoms with E-state index >= 15 is 0 Å². The van der Waals surface area contributed by atoms with Crippen molar-refractivity contribution in [3.63, 3.8) is 0 Å². The zero-order chi connectivity index (χ0) is 16.2. The molecular weight excluding hydrogens is 316 g/mol. The van der Waals surface area contributed by atoms with Gasteiger partial charge in [-0.05, 0) is 37.0 Å². The van der Waals surface area contributed by atoms with E-state index in [0.717, 1.165) is 30.8 Å². The van der Waals surface area contributed by atoms with Crippen molar-refractivity contribution >= 4 is 17.6 Å². The topological polar surface area (TPSA) is 61.8 Å². The number of aliphatic hydroxyl groups excluding tert-OH is 1. The molecule has 1 aromatic carbocycles. The van der Waals surface area contributed by atoms with Crippen LogP contribution in [0.15, 0.2) is 24.3 Å². The Morgan fingerprint density at radius 2 is 2.35 bits per heavy atom. The van der Waals surface area contributed by atoms with Gasteiger partial charge in [0.2, 0.25) is 0 Å². The minimum absolute atomic E-state index is 0.0168. The molecule has 2 amide bonds. The van der Waals surface area contributed by atoms with Crippen molar-refractivity contribution < 1.29 is 14.6 Å². The molecule has 126 valence electrons. The first-order valence-corrected chi connectivity index (χ1v) is 8.58. The van der Waals surface area contributed by atoms with Crippen molar-refractivity contribution in [1.82, 2.24) is 10.2 Å². The first kappa shape index (κ1) is 16.6. The Kier molecular flexibility index (Phi) is 5.41. The fourth-order valence-electron chi connectivity index (χ4n) is 3.19. The molecule has 1 aromatic rings. The second-order valence-electron chi connectivity index (χ2n) is 6.26. The number of rotatable bonds is 5. The van der Waals surface area contributed by atoms with Crippen molar-refractivity contribution in [1.29, 1.82) is 0 Å². The number of piperidine rings is 1. The molecule has 3 atom stereocenters. The summed E-state index contributed by atoms with van der Waals surface area (Å²) in [5, 5.41) is 12.7. The number of hydrogen-bond acceptors (Lipinski definition) is 3. The number of hydrogen-bond donors (Lipinski definition) is 2. The Bertz CT molecular complexity index is 554. The SMILES string of the molecule is O=C(N[C@@H]1C[C@@H]1c1cccc(Cl)c1)N1CCC[C@@H](OCCO)C1. The van der Waals surface area contributed by atoms with Gasteiger partial charge >= 0.3 is 6.03 Å². The first-order chi connectivity index (χ1) is 11.2. The van der Waals surface area contributed by atoms with Crippen LogP contribution in [0.5, 0.6) is 0 Å². The number of carbonyl (C=O) groups is 1. The summed E-state index contributed by atoms with van der Waals surface area (Å²) in [5.74, 6) is 0.365. The standard InChI is InChI=1S/C17H23ClN2O3/c18-13-4-1-3-12(9-13)15-10-16(15)19-17(22)20-6-2-5-14(11-20)23-8-7-21/h1,3-4,9,14-16,21H,2,5-8,10-11H2,(H,19,22)/t14-,15-,16-/m1/s1. The van der Waals surface area contributed by atoms with Crippen LogP contribution in [-0.4, -0.2) is 54.5 Å². The molecule has 0 spiro atoms. The van der Waals surface area contributed by atoms with E-state index in [2.05, 4.69) is 11.4 Å². The van der Waals surface area contributed by atoms with Crippen molar-refractivity contribution in [2.24, 2.45) is 0 Å². The van der Waals surface area contributed by atoms with E-state index in [9.17, 15) is 4.79 Å². The molecule has 1 saturated heterocycles. The van der Waals surface area contributed by atoms with Crippen molar-refractivity contribution in [3.05, 3.63) is 34.9 Å². The van der Waals surface area contributed by atoms with Crippen molar-refractivity contribution in [2.75, 3.05) is 26.3 Å². The van der Waals surface area contributed by atoms with Crippen LogP contribution in [0.2, 0.25) is 5.02 Å². The number of carbonyl (C=O) groups excluding carboxylic acids is 1. The predicted molar refractivity (Wildman–Crippen MR) is 88.8 cm³/mol. The second kappa shape index (κ2) is 7.51. The van der Waals surface area contributed by atoms with Crippen molar-refractivity contribution in [2.45, 2.75) is 37.3 Å². The maximum atomic E-state index is 12.4. The summed E-state index contributed by atoms with van der Waals surface area (Å²) in [6.45, 7) is 1.71. The van der Waals surface area contributed by atoms with E-state index in [1.807, 2.05) is 23.1 Å². The van der Waals surface area contributed by atoms with Crippen LogP contribution < -0.4 is 5.32 Å². The minimum atomic E-state index is -0.0168. The third-order valence-corrected chi connectivity index (χ3v) is 4.72. The number of nitrogens with zero attached hydrogens (tertiary/aromatic N) is 1. The zero-order valence-corrected chi connectivity index (χ0v) is 13.8. The van der Waals surface area contributed by atoms with Crippen LogP contribution >= 0.6 is 11.6 Å². The highest BCUT2D eigenvalue weighted by Gasteiger charge is 2.40.